The third-order valence-corrected chi connectivity index (χ3v) is 7.41. The van der Waals surface area contributed by atoms with E-state index in [9.17, 15) is 19.6 Å². The number of carbonyl (C=O) groups excluding carboxylic acids is 2. The third-order valence-electron chi connectivity index (χ3n) is 7.41. The first-order valence-electron chi connectivity index (χ1n) is 12.5. The van der Waals surface area contributed by atoms with Crippen LogP contribution in [-0.2, 0) is 19.4 Å². The monoisotopic (exact) mass is 499 g/mol. The smallest absolute Gasteiger partial charge is 0.271 e. The number of amides is 2. The standard InChI is InChI=1S/C28H29N5O4/c1-4-6-18-13-22(27(36)33-12-9-28(33,2)16-29)32-11-8-17-14-23(37-3)20(15-19(17)24(18)32)25(34)31-21-7-5-10-30-26(21)35/h5,7,10,13-15H,4,6,8-9,11-12H2,1-3H3,(H,30,35)(H,31,34)/t28-/m1/s1. The number of likely N-dealkylation sites (tertiary alicyclic amines) is 1. The predicted molar refractivity (Wildman–Crippen MR) is 139 cm³/mol. The van der Waals surface area contributed by atoms with Gasteiger partial charge in [-0.1, -0.05) is 13.3 Å². The molecule has 190 valence electrons. The Kier molecular flexibility index (Phi) is 6.12. The summed E-state index contributed by atoms with van der Waals surface area (Å²) >= 11 is 0. The van der Waals surface area contributed by atoms with E-state index in [2.05, 4.69) is 23.3 Å². The van der Waals surface area contributed by atoms with Crippen molar-refractivity contribution in [2.75, 3.05) is 19.0 Å². The van der Waals surface area contributed by atoms with Crippen LogP contribution in [0.3, 0.4) is 0 Å². The van der Waals surface area contributed by atoms with Gasteiger partial charge in [0.25, 0.3) is 17.4 Å². The van der Waals surface area contributed by atoms with Crippen LogP contribution in [0.25, 0.3) is 11.3 Å². The molecule has 2 aliphatic rings. The number of fused-ring (bicyclic) bond motifs is 3. The van der Waals surface area contributed by atoms with E-state index in [1.807, 2.05) is 16.7 Å². The number of nitrogens with zero attached hydrogens (tertiary/aromatic N) is 3. The van der Waals surface area contributed by atoms with Crippen LogP contribution >= 0.6 is 0 Å². The van der Waals surface area contributed by atoms with Crippen LogP contribution in [0.15, 0.2) is 41.3 Å². The highest BCUT2D eigenvalue weighted by Crippen LogP contribution is 2.40. The molecule has 1 fully saturated rings. The number of hydrogen-bond donors (Lipinski definition) is 2. The summed E-state index contributed by atoms with van der Waals surface area (Å²) in [6.45, 7) is 5.05. The number of H-pyrrole nitrogens is 1. The van der Waals surface area contributed by atoms with E-state index in [0.717, 1.165) is 35.2 Å². The van der Waals surface area contributed by atoms with Crippen LogP contribution < -0.4 is 15.6 Å². The van der Waals surface area contributed by atoms with Gasteiger partial charge in [0.15, 0.2) is 0 Å². The molecule has 0 bridgehead atoms. The number of aromatic amines is 1. The van der Waals surface area contributed by atoms with Gasteiger partial charge in [-0.15, -0.1) is 0 Å². The quantitative estimate of drug-likeness (QED) is 0.535. The van der Waals surface area contributed by atoms with Gasteiger partial charge in [0.2, 0.25) is 0 Å². The van der Waals surface area contributed by atoms with Crippen molar-refractivity contribution in [1.82, 2.24) is 14.5 Å². The first kappa shape index (κ1) is 24.4. The third kappa shape index (κ3) is 3.99. The molecule has 2 N–H and O–H groups in total. The Bertz CT molecular complexity index is 1510. The summed E-state index contributed by atoms with van der Waals surface area (Å²) in [5.74, 6) is -0.182. The normalized spacial score (nSPS) is 17.7. The number of nitriles is 1. The molecule has 2 aliphatic heterocycles. The Labute approximate surface area is 214 Å². The second-order valence-electron chi connectivity index (χ2n) is 9.72. The molecule has 1 atom stereocenters. The number of carbonyl (C=O) groups is 2. The predicted octanol–water partition coefficient (Wildman–Crippen LogP) is 3.74. The van der Waals surface area contributed by atoms with Gasteiger partial charge < -0.3 is 24.5 Å². The van der Waals surface area contributed by atoms with E-state index < -0.39 is 17.0 Å². The number of nitrogens with one attached hydrogen (secondary N) is 2. The number of rotatable bonds is 6. The molecule has 2 aromatic heterocycles. The van der Waals surface area contributed by atoms with E-state index in [1.165, 1.54) is 19.4 Å². The van der Waals surface area contributed by atoms with Gasteiger partial charge in [0, 0.05) is 31.3 Å². The molecular weight excluding hydrogens is 470 g/mol. The van der Waals surface area contributed by atoms with E-state index >= 15 is 0 Å². The van der Waals surface area contributed by atoms with Crippen molar-refractivity contribution in [3.63, 3.8) is 0 Å². The summed E-state index contributed by atoms with van der Waals surface area (Å²) in [5, 5.41) is 12.3. The van der Waals surface area contributed by atoms with Crippen LogP contribution in [-0.4, -0.2) is 45.5 Å². The van der Waals surface area contributed by atoms with Crippen molar-refractivity contribution in [3.05, 3.63) is 69.3 Å². The molecule has 2 amide bonds. The van der Waals surface area contributed by atoms with Crippen LogP contribution in [0.1, 0.15) is 58.7 Å². The van der Waals surface area contributed by atoms with Gasteiger partial charge in [-0.05, 0) is 61.2 Å². The molecule has 5 rings (SSSR count). The van der Waals surface area contributed by atoms with Gasteiger partial charge in [0.1, 0.15) is 22.7 Å². The van der Waals surface area contributed by atoms with Crippen LogP contribution in [0.2, 0.25) is 0 Å². The summed E-state index contributed by atoms with van der Waals surface area (Å²) in [4.78, 5) is 43.1. The fourth-order valence-corrected chi connectivity index (χ4v) is 5.27. The number of ether oxygens (including phenoxy) is 1. The van der Waals surface area contributed by atoms with Crippen molar-refractivity contribution >= 4 is 17.5 Å². The lowest BCUT2D eigenvalue weighted by atomic mass is 9.88. The Morgan fingerprint density at radius 3 is 2.73 bits per heavy atom. The van der Waals surface area contributed by atoms with Crippen LogP contribution in [0, 0.1) is 11.3 Å². The van der Waals surface area contributed by atoms with Crippen molar-refractivity contribution < 1.29 is 14.3 Å². The number of anilines is 1. The topological polar surface area (TPSA) is 120 Å². The van der Waals surface area contributed by atoms with E-state index in [0.29, 0.717) is 42.9 Å². The minimum Gasteiger partial charge on any atom is -0.496 e. The fraction of sp³-hybridized carbons (Fsp3) is 0.357. The van der Waals surface area contributed by atoms with Crippen LogP contribution in [0.5, 0.6) is 5.75 Å². The summed E-state index contributed by atoms with van der Waals surface area (Å²) in [6, 6.07) is 11.1. The average molecular weight is 500 g/mol. The Hall–Kier alpha value is -4.32. The summed E-state index contributed by atoms with van der Waals surface area (Å²) < 4.78 is 7.58. The minimum atomic E-state index is -0.785. The average Bonchev–Trinajstić information content (AvgIpc) is 3.27. The maximum Gasteiger partial charge on any atom is 0.271 e. The SMILES string of the molecule is CCCc1cc(C(=O)N2CC[C@]2(C)C#N)n2c1-c1cc(C(=O)Nc3ccc[nH]c3=O)c(OC)cc1CC2. The first-order valence-corrected chi connectivity index (χ1v) is 12.5. The first-order chi connectivity index (χ1) is 17.8. The highest BCUT2D eigenvalue weighted by Gasteiger charge is 2.45. The number of pyridine rings is 1. The van der Waals surface area contributed by atoms with Gasteiger partial charge in [-0.2, -0.15) is 5.26 Å². The molecule has 0 aliphatic carbocycles. The summed E-state index contributed by atoms with van der Waals surface area (Å²) in [5.41, 5.74) is 3.68. The minimum absolute atomic E-state index is 0.142. The second kappa shape index (κ2) is 9.28. The number of aromatic nitrogens is 2. The zero-order valence-electron chi connectivity index (χ0n) is 21.2. The zero-order valence-corrected chi connectivity index (χ0v) is 21.2. The van der Waals surface area contributed by atoms with Crippen molar-refractivity contribution in [1.29, 1.82) is 5.26 Å². The molecule has 0 unspecified atom stereocenters. The second-order valence-corrected chi connectivity index (χ2v) is 9.72. The largest absolute Gasteiger partial charge is 0.496 e. The van der Waals surface area contributed by atoms with Gasteiger partial charge >= 0.3 is 0 Å². The molecule has 1 aromatic carbocycles. The molecule has 9 heteroatoms. The zero-order chi connectivity index (χ0) is 26.3. The fourth-order valence-electron chi connectivity index (χ4n) is 5.27. The van der Waals surface area contributed by atoms with E-state index in [4.69, 9.17) is 4.74 Å². The van der Waals surface area contributed by atoms with Crippen molar-refractivity contribution in [2.45, 2.75) is 51.6 Å². The van der Waals surface area contributed by atoms with E-state index in [-0.39, 0.29) is 11.6 Å². The lowest BCUT2D eigenvalue weighted by Crippen LogP contribution is -2.59. The summed E-state index contributed by atoms with van der Waals surface area (Å²) in [6.07, 6.45) is 4.48. The molecule has 3 aromatic rings. The Morgan fingerprint density at radius 2 is 2.08 bits per heavy atom. The number of aryl methyl sites for hydroxylation is 2. The Morgan fingerprint density at radius 1 is 1.27 bits per heavy atom. The summed E-state index contributed by atoms with van der Waals surface area (Å²) in [7, 11) is 1.51. The molecule has 0 radical (unpaired) electrons. The lowest BCUT2D eigenvalue weighted by Gasteiger charge is -2.45. The van der Waals surface area contributed by atoms with E-state index in [1.54, 1.807) is 24.0 Å². The molecular formula is C28H29N5O4. The number of hydrogen-bond acceptors (Lipinski definition) is 5. The maximum atomic E-state index is 13.6. The van der Waals surface area contributed by atoms with Gasteiger partial charge in [-0.25, -0.2) is 0 Å². The molecule has 0 spiro atoms. The molecule has 0 saturated carbocycles. The Balaban J connectivity index is 1.60. The molecule has 1 saturated heterocycles. The van der Waals surface area contributed by atoms with Crippen LogP contribution in [0.4, 0.5) is 5.69 Å². The van der Waals surface area contributed by atoms with Crippen molar-refractivity contribution in [3.8, 4) is 23.1 Å². The lowest BCUT2D eigenvalue weighted by molar-refractivity contribution is 0.0294. The molecule has 9 nitrogen and oxygen atoms in total. The number of methoxy groups -OCH3 is 1. The maximum absolute atomic E-state index is 13.6. The van der Waals surface area contributed by atoms with Gasteiger partial charge in [0.05, 0.1) is 24.4 Å². The van der Waals surface area contributed by atoms with Gasteiger partial charge in [-0.3, -0.25) is 14.4 Å². The highest BCUT2D eigenvalue weighted by molar-refractivity contribution is 6.07. The molecule has 4 heterocycles. The highest BCUT2D eigenvalue weighted by atomic mass is 16.5. The number of benzene rings is 1. The molecule has 37 heavy (non-hydrogen) atoms. The van der Waals surface area contributed by atoms with Crippen molar-refractivity contribution in [2.24, 2.45) is 0 Å².